The van der Waals surface area contributed by atoms with Crippen molar-refractivity contribution in [1.82, 2.24) is 9.80 Å². The van der Waals surface area contributed by atoms with Gasteiger partial charge in [-0.15, -0.1) is 0 Å². The molecule has 4 rings (SSSR count). The van der Waals surface area contributed by atoms with Crippen LogP contribution in [-0.2, 0) is 11.3 Å². The van der Waals surface area contributed by atoms with Gasteiger partial charge in [0.05, 0.1) is 37.5 Å². The highest BCUT2D eigenvalue weighted by Gasteiger charge is 2.30. The van der Waals surface area contributed by atoms with Gasteiger partial charge in [-0.2, -0.15) is 0 Å². The lowest BCUT2D eigenvalue weighted by molar-refractivity contribution is -0.0177. The van der Waals surface area contributed by atoms with Crippen molar-refractivity contribution >= 4 is 23.3 Å². The summed E-state index contributed by atoms with van der Waals surface area (Å²) in [7, 11) is 3.71. The molecule has 1 heterocycles. The SMILES string of the molecule is COc1ccc(CN(C)C[C@H]2OCCCC[C@H](C)Oc3ccc(NC(=O)Nc4ccc(F)cc4)cc3C(=O)N([C@@H](C)CO)C[C@H]2C)cc1. The zero-order valence-corrected chi connectivity index (χ0v) is 28.6. The zero-order valence-electron chi connectivity index (χ0n) is 28.6. The van der Waals surface area contributed by atoms with E-state index in [-0.39, 0.29) is 36.2 Å². The average molecular weight is 665 g/mol. The second-order valence-electron chi connectivity index (χ2n) is 12.6. The van der Waals surface area contributed by atoms with Gasteiger partial charge in [-0.25, -0.2) is 9.18 Å². The summed E-state index contributed by atoms with van der Waals surface area (Å²) >= 11 is 0. The summed E-state index contributed by atoms with van der Waals surface area (Å²) in [5.74, 6) is 0.411. The van der Waals surface area contributed by atoms with E-state index in [0.717, 1.165) is 37.1 Å². The number of carbonyl (C=O) groups excluding carboxylic acids is 2. The average Bonchev–Trinajstić information content (AvgIpc) is 3.07. The number of nitrogens with one attached hydrogen (secondary N) is 2. The van der Waals surface area contributed by atoms with Gasteiger partial charge in [-0.05, 0) is 100 Å². The molecule has 4 atom stereocenters. The van der Waals surface area contributed by atoms with E-state index in [1.165, 1.54) is 24.3 Å². The number of likely N-dealkylation sites (N-methyl/N-ethyl adjacent to an activating group) is 1. The van der Waals surface area contributed by atoms with Crippen LogP contribution < -0.4 is 20.1 Å². The van der Waals surface area contributed by atoms with Crippen molar-refractivity contribution in [2.75, 3.05) is 51.1 Å². The number of hydrogen-bond donors (Lipinski definition) is 3. The molecule has 0 bridgehead atoms. The molecular formula is C37H49FN4O6. The molecule has 3 aromatic rings. The summed E-state index contributed by atoms with van der Waals surface area (Å²) < 4.78 is 31.4. The van der Waals surface area contributed by atoms with Crippen molar-refractivity contribution in [3.05, 3.63) is 83.7 Å². The zero-order chi connectivity index (χ0) is 34.6. The van der Waals surface area contributed by atoms with Gasteiger partial charge in [0.25, 0.3) is 5.91 Å². The Labute approximate surface area is 283 Å². The molecule has 48 heavy (non-hydrogen) atoms. The number of aliphatic hydroxyl groups is 1. The van der Waals surface area contributed by atoms with Gasteiger partial charge in [0, 0.05) is 43.5 Å². The molecule has 10 nitrogen and oxygen atoms in total. The second-order valence-corrected chi connectivity index (χ2v) is 12.6. The number of hydrogen-bond acceptors (Lipinski definition) is 7. The fraction of sp³-hybridized carbons (Fsp3) is 0.459. The Bertz CT molecular complexity index is 1470. The van der Waals surface area contributed by atoms with Crippen LogP contribution in [0, 0.1) is 11.7 Å². The fourth-order valence-corrected chi connectivity index (χ4v) is 5.70. The Morgan fingerprint density at radius 3 is 2.44 bits per heavy atom. The monoisotopic (exact) mass is 664 g/mol. The lowest BCUT2D eigenvalue weighted by Gasteiger charge is -2.36. The predicted molar refractivity (Wildman–Crippen MR) is 185 cm³/mol. The lowest BCUT2D eigenvalue weighted by Crippen LogP contribution is -2.47. The highest BCUT2D eigenvalue weighted by Crippen LogP contribution is 2.29. The van der Waals surface area contributed by atoms with Crippen LogP contribution in [0.1, 0.15) is 56.0 Å². The quantitative estimate of drug-likeness (QED) is 0.243. The van der Waals surface area contributed by atoms with Crippen LogP contribution in [0.3, 0.4) is 0 Å². The van der Waals surface area contributed by atoms with Gasteiger partial charge in [0.2, 0.25) is 0 Å². The van der Waals surface area contributed by atoms with Gasteiger partial charge < -0.3 is 34.9 Å². The molecular weight excluding hydrogens is 615 g/mol. The third kappa shape index (κ3) is 10.7. The number of methoxy groups -OCH3 is 1. The van der Waals surface area contributed by atoms with Crippen molar-refractivity contribution in [1.29, 1.82) is 0 Å². The number of fused-ring (bicyclic) bond motifs is 1. The van der Waals surface area contributed by atoms with E-state index < -0.39 is 17.9 Å². The van der Waals surface area contributed by atoms with Crippen LogP contribution >= 0.6 is 0 Å². The summed E-state index contributed by atoms with van der Waals surface area (Å²) in [6.07, 6.45) is 2.19. The molecule has 0 unspecified atom stereocenters. The summed E-state index contributed by atoms with van der Waals surface area (Å²) in [5.41, 5.74) is 2.23. The summed E-state index contributed by atoms with van der Waals surface area (Å²) in [4.78, 5) is 31.0. The number of rotatable bonds is 9. The molecule has 0 aliphatic carbocycles. The molecule has 0 saturated heterocycles. The maximum absolute atomic E-state index is 14.4. The summed E-state index contributed by atoms with van der Waals surface area (Å²) in [6, 6.07) is 17.3. The van der Waals surface area contributed by atoms with E-state index in [4.69, 9.17) is 14.2 Å². The van der Waals surface area contributed by atoms with Crippen molar-refractivity contribution in [2.45, 2.75) is 64.8 Å². The Hall–Kier alpha value is -4.19. The third-order valence-electron chi connectivity index (χ3n) is 8.51. The first-order valence-corrected chi connectivity index (χ1v) is 16.6. The predicted octanol–water partition coefficient (Wildman–Crippen LogP) is 6.41. The number of urea groups is 1. The van der Waals surface area contributed by atoms with E-state index in [2.05, 4.69) is 29.5 Å². The van der Waals surface area contributed by atoms with Crippen LogP contribution in [0.25, 0.3) is 0 Å². The van der Waals surface area contributed by atoms with Crippen molar-refractivity contribution in [3.63, 3.8) is 0 Å². The largest absolute Gasteiger partial charge is 0.497 e. The van der Waals surface area contributed by atoms with Crippen molar-refractivity contribution < 1.29 is 33.3 Å². The number of benzene rings is 3. The fourth-order valence-electron chi connectivity index (χ4n) is 5.70. The Kier molecular flexibility index (Phi) is 13.6. The number of nitrogens with zero attached hydrogens (tertiary/aromatic N) is 2. The van der Waals surface area contributed by atoms with Gasteiger partial charge in [0.15, 0.2) is 0 Å². The number of ether oxygens (including phenoxy) is 3. The van der Waals surface area contributed by atoms with Crippen LogP contribution in [0.5, 0.6) is 11.5 Å². The first-order valence-electron chi connectivity index (χ1n) is 16.6. The van der Waals surface area contributed by atoms with E-state index in [1.54, 1.807) is 37.1 Å². The number of aliphatic hydroxyl groups excluding tert-OH is 1. The first-order chi connectivity index (χ1) is 23.1. The van der Waals surface area contributed by atoms with Crippen LogP contribution in [-0.4, -0.2) is 85.6 Å². The molecule has 260 valence electrons. The number of halogens is 1. The van der Waals surface area contributed by atoms with Gasteiger partial charge in [-0.3, -0.25) is 9.69 Å². The molecule has 0 fully saturated rings. The van der Waals surface area contributed by atoms with Crippen molar-refractivity contribution in [2.24, 2.45) is 5.92 Å². The Morgan fingerprint density at radius 1 is 1.06 bits per heavy atom. The van der Waals surface area contributed by atoms with Gasteiger partial charge in [0.1, 0.15) is 17.3 Å². The highest BCUT2D eigenvalue weighted by atomic mass is 19.1. The lowest BCUT2D eigenvalue weighted by atomic mass is 10.0. The molecule has 1 aliphatic heterocycles. The third-order valence-corrected chi connectivity index (χ3v) is 8.51. The normalized spacial score (nSPS) is 19.9. The molecule has 1 aliphatic rings. The highest BCUT2D eigenvalue weighted by molar-refractivity contribution is 6.02. The van der Waals surface area contributed by atoms with E-state index >= 15 is 0 Å². The van der Waals surface area contributed by atoms with Crippen LogP contribution in [0.4, 0.5) is 20.6 Å². The van der Waals surface area contributed by atoms with Gasteiger partial charge >= 0.3 is 6.03 Å². The standard InChI is InChI=1S/C37H49FN4O6/c1-25-21-42(26(2)24-43)36(44)33-20-31(40-37(45)39-30-13-11-29(38)12-14-30)15-18-34(33)48-27(3)8-6-7-19-47-35(25)23-41(4)22-28-9-16-32(46-5)17-10-28/h9-18,20,25-27,35,43H,6-8,19,21-24H2,1-5H3,(H2,39,40,45)/t25-,26+,27+,35-/m1/s1. The minimum atomic E-state index is -0.544. The smallest absolute Gasteiger partial charge is 0.323 e. The number of amides is 3. The van der Waals surface area contributed by atoms with E-state index in [0.29, 0.717) is 36.8 Å². The van der Waals surface area contributed by atoms with E-state index in [9.17, 15) is 19.1 Å². The molecule has 0 radical (unpaired) electrons. The topological polar surface area (TPSA) is 113 Å². The minimum absolute atomic E-state index is 0.0738. The maximum atomic E-state index is 14.4. The molecule has 3 aromatic carbocycles. The van der Waals surface area contributed by atoms with Crippen LogP contribution in [0.2, 0.25) is 0 Å². The van der Waals surface area contributed by atoms with E-state index in [1.807, 2.05) is 31.2 Å². The minimum Gasteiger partial charge on any atom is -0.497 e. The van der Waals surface area contributed by atoms with Gasteiger partial charge in [-0.1, -0.05) is 19.1 Å². The molecule has 3 amide bonds. The molecule has 3 N–H and O–H groups in total. The van der Waals surface area contributed by atoms with Crippen molar-refractivity contribution in [3.8, 4) is 11.5 Å². The Balaban J connectivity index is 1.57. The molecule has 11 heteroatoms. The second kappa shape index (κ2) is 17.8. The summed E-state index contributed by atoms with van der Waals surface area (Å²) in [5, 5.41) is 15.7. The molecule has 0 saturated carbocycles. The molecule has 0 spiro atoms. The Morgan fingerprint density at radius 2 is 1.75 bits per heavy atom. The maximum Gasteiger partial charge on any atom is 0.323 e. The van der Waals surface area contributed by atoms with Crippen LogP contribution in [0.15, 0.2) is 66.7 Å². The number of carbonyl (C=O) groups is 2. The summed E-state index contributed by atoms with van der Waals surface area (Å²) in [6.45, 7) is 7.91. The first kappa shape index (κ1) is 36.6. The molecule has 0 aromatic heterocycles. The number of anilines is 2.